The first kappa shape index (κ1) is 82.2. The summed E-state index contributed by atoms with van der Waals surface area (Å²) in [5, 5.41) is 13.9. The number of rotatable bonds is 68. The van der Waals surface area contributed by atoms with Crippen molar-refractivity contribution in [3.8, 4) is 0 Å². The van der Waals surface area contributed by atoms with Crippen molar-refractivity contribution in [2.75, 3.05) is 40.9 Å². The molecule has 8 nitrogen and oxygen atoms in total. The van der Waals surface area contributed by atoms with E-state index in [-0.39, 0.29) is 19.1 Å². The molecule has 3 unspecified atom stereocenters. The lowest BCUT2D eigenvalue weighted by Gasteiger charge is -2.29. The van der Waals surface area contributed by atoms with Crippen molar-refractivity contribution < 1.29 is 32.9 Å². The summed E-state index contributed by atoms with van der Waals surface area (Å²) in [5.74, 6) is -0.201. The number of amides is 1. The Bertz CT molecular complexity index is 1550. The van der Waals surface area contributed by atoms with Gasteiger partial charge in [0.25, 0.3) is 7.82 Å². The fraction of sp³-hybridized carbons (Fsp3) is 0.853. The van der Waals surface area contributed by atoms with Crippen LogP contribution in [0.15, 0.2) is 60.8 Å². The zero-order chi connectivity index (χ0) is 61.2. The number of carbonyl (C=O) groups excluding carboxylic acids is 1. The second-order valence-corrected chi connectivity index (χ2v) is 27.7. The van der Waals surface area contributed by atoms with Crippen molar-refractivity contribution in [2.45, 2.75) is 373 Å². The maximum atomic E-state index is 13.0. The van der Waals surface area contributed by atoms with Gasteiger partial charge in [-0.2, -0.15) is 0 Å². The molecule has 0 aliphatic heterocycles. The fourth-order valence-electron chi connectivity index (χ4n) is 11.0. The van der Waals surface area contributed by atoms with E-state index in [9.17, 15) is 19.4 Å². The molecule has 494 valence electrons. The van der Waals surface area contributed by atoms with E-state index >= 15 is 0 Å². The van der Waals surface area contributed by atoms with Crippen LogP contribution in [0.1, 0.15) is 361 Å². The Morgan fingerprint density at radius 2 is 0.702 bits per heavy atom. The van der Waals surface area contributed by atoms with Gasteiger partial charge in [0.05, 0.1) is 39.9 Å². The number of hydrogen-bond donors (Lipinski definition) is 2. The van der Waals surface area contributed by atoms with Gasteiger partial charge in [-0.3, -0.25) is 9.36 Å². The van der Waals surface area contributed by atoms with Gasteiger partial charge < -0.3 is 28.8 Å². The van der Waals surface area contributed by atoms with Crippen LogP contribution in [0.4, 0.5) is 0 Å². The summed E-state index contributed by atoms with van der Waals surface area (Å²) in [6.07, 6.45) is 90.8. The highest BCUT2D eigenvalue weighted by Crippen LogP contribution is 2.38. The van der Waals surface area contributed by atoms with E-state index in [4.69, 9.17) is 9.05 Å². The second kappa shape index (κ2) is 65.6. The predicted octanol–water partition coefficient (Wildman–Crippen LogP) is 22.9. The zero-order valence-corrected chi connectivity index (χ0v) is 57.5. The molecule has 0 rings (SSSR count). The lowest BCUT2D eigenvalue weighted by atomic mass is 10.0. The third kappa shape index (κ3) is 67.7. The van der Waals surface area contributed by atoms with Crippen molar-refractivity contribution in [2.24, 2.45) is 0 Å². The average Bonchev–Trinajstić information content (AvgIpc) is 3.56. The van der Waals surface area contributed by atoms with Crippen molar-refractivity contribution in [3.63, 3.8) is 0 Å². The number of likely N-dealkylation sites (N-methyl/N-ethyl adjacent to an activating group) is 1. The molecule has 0 heterocycles. The molecule has 3 atom stereocenters. The first-order valence-corrected chi connectivity index (χ1v) is 38.1. The van der Waals surface area contributed by atoms with E-state index in [1.165, 1.54) is 289 Å². The topological polar surface area (TPSA) is 108 Å². The molecule has 2 N–H and O–H groups in total. The highest BCUT2D eigenvalue weighted by atomic mass is 31.2. The largest absolute Gasteiger partial charge is 0.756 e. The monoisotopic (exact) mass is 1200 g/mol. The van der Waals surface area contributed by atoms with Gasteiger partial charge in [0.1, 0.15) is 13.2 Å². The van der Waals surface area contributed by atoms with Crippen LogP contribution in [0.25, 0.3) is 0 Å². The molecule has 0 spiro atoms. The number of aliphatic hydroxyl groups excluding tert-OH is 1. The van der Waals surface area contributed by atoms with Gasteiger partial charge in [-0.1, -0.05) is 344 Å². The summed E-state index contributed by atoms with van der Waals surface area (Å²) >= 11 is 0. The molecule has 0 fully saturated rings. The molecular formula is C75H143N2O6P. The standard InChI is InChI=1S/C75H143N2O6P/c1-6-8-10-12-14-16-18-20-22-24-26-28-29-30-31-32-33-34-35-36-37-38-39-40-41-42-43-44-45-46-47-49-51-53-55-57-59-61-63-65-67-69-75(79)76-73(72-83-84(80,81)82-71-70-77(3,4)5)74(78)68-66-64-62-60-58-56-54-52-50-48-27-25-23-21-19-17-15-13-11-9-7-2/h18,20,24,26,29-30,58,60,66,68,73-74,78H,6-17,19,21-23,25,27-28,31-57,59,61-65,67,69-72H2,1-5H3,(H-,76,79,80,81)/b20-18-,26-24-,30-29-,60-58+,68-66+. The van der Waals surface area contributed by atoms with E-state index < -0.39 is 20.0 Å². The summed E-state index contributed by atoms with van der Waals surface area (Å²) in [7, 11) is 1.26. The highest BCUT2D eigenvalue weighted by molar-refractivity contribution is 7.45. The Hall–Kier alpha value is -1.80. The highest BCUT2D eigenvalue weighted by Gasteiger charge is 2.23. The van der Waals surface area contributed by atoms with Gasteiger partial charge in [-0.25, -0.2) is 0 Å². The Balaban J connectivity index is 3.94. The summed E-state index contributed by atoms with van der Waals surface area (Å²) in [6, 6.07) is -0.904. The SMILES string of the molecule is CCCCCCC/C=C\C/C=C\C/C=C\CCCCCCCCCCCCCCCCCCCCCCCCCCCCC(=O)NC(COP(=O)([O-])OCC[N+](C)(C)C)C(O)/C=C/CC/C=C/CCCCCCCCCCCCCCCCC. The number of carbonyl (C=O) groups is 1. The minimum absolute atomic E-state index is 0.00530. The molecule has 0 aromatic heterocycles. The van der Waals surface area contributed by atoms with Gasteiger partial charge >= 0.3 is 0 Å². The Labute approximate surface area is 523 Å². The van der Waals surface area contributed by atoms with Crippen LogP contribution in [0.5, 0.6) is 0 Å². The first-order chi connectivity index (χ1) is 41.0. The molecule has 0 aliphatic rings. The average molecular weight is 1200 g/mol. The van der Waals surface area contributed by atoms with Crippen molar-refractivity contribution in [3.05, 3.63) is 60.8 Å². The zero-order valence-electron chi connectivity index (χ0n) is 56.6. The maximum Gasteiger partial charge on any atom is 0.268 e. The molecule has 0 radical (unpaired) electrons. The van der Waals surface area contributed by atoms with E-state index in [1.54, 1.807) is 6.08 Å². The quantitative estimate of drug-likeness (QED) is 0.0272. The summed E-state index contributed by atoms with van der Waals surface area (Å²) in [4.78, 5) is 25.6. The lowest BCUT2D eigenvalue weighted by Crippen LogP contribution is -2.45. The molecule has 9 heteroatoms. The van der Waals surface area contributed by atoms with Crippen LogP contribution < -0.4 is 10.2 Å². The van der Waals surface area contributed by atoms with Crippen LogP contribution in [0, 0.1) is 0 Å². The normalized spacial score (nSPS) is 13.9. The molecule has 84 heavy (non-hydrogen) atoms. The minimum atomic E-state index is -4.61. The molecule has 1 amide bonds. The Kier molecular flexibility index (Phi) is 64.2. The molecule has 0 aromatic carbocycles. The second-order valence-electron chi connectivity index (χ2n) is 26.3. The fourth-order valence-corrected chi connectivity index (χ4v) is 11.7. The molecule has 0 saturated heterocycles. The number of phosphoric acid groups is 1. The Morgan fingerprint density at radius 3 is 1.05 bits per heavy atom. The van der Waals surface area contributed by atoms with Crippen molar-refractivity contribution in [1.82, 2.24) is 5.32 Å². The summed E-state index contributed by atoms with van der Waals surface area (Å²) in [6.45, 7) is 4.66. The van der Waals surface area contributed by atoms with Crippen LogP contribution >= 0.6 is 7.82 Å². The van der Waals surface area contributed by atoms with Crippen molar-refractivity contribution in [1.29, 1.82) is 0 Å². The third-order valence-corrected chi connectivity index (χ3v) is 17.7. The van der Waals surface area contributed by atoms with Gasteiger partial charge in [0.2, 0.25) is 5.91 Å². The molecule has 0 aliphatic carbocycles. The van der Waals surface area contributed by atoms with Crippen molar-refractivity contribution >= 4 is 13.7 Å². The smallest absolute Gasteiger partial charge is 0.268 e. The number of aliphatic hydroxyl groups is 1. The summed E-state index contributed by atoms with van der Waals surface area (Å²) in [5.41, 5.74) is 0. The molecule has 0 saturated carbocycles. The van der Waals surface area contributed by atoms with E-state index in [1.807, 2.05) is 27.2 Å². The van der Waals surface area contributed by atoms with E-state index in [2.05, 4.69) is 67.8 Å². The maximum absolute atomic E-state index is 13.0. The number of unbranched alkanes of at least 4 members (excludes halogenated alkanes) is 47. The number of quaternary nitrogens is 1. The number of phosphoric ester groups is 1. The molecular weight excluding hydrogens is 1060 g/mol. The molecule has 0 bridgehead atoms. The predicted molar refractivity (Wildman–Crippen MR) is 367 cm³/mol. The van der Waals surface area contributed by atoms with Crippen LogP contribution in [0.3, 0.4) is 0 Å². The van der Waals surface area contributed by atoms with Gasteiger partial charge in [0.15, 0.2) is 0 Å². The van der Waals surface area contributed by atoms with Crippen LogP contribution in [-0.2, 0) is 18.4 Å². The van der Waals surface area contributed by atoms with E-state index in [0.29, 0.717) is 17.4 Å². The van der Waals surface area contributed by atoms with Gasteiger partial charge in [-0.15, -0.1) is 0 Å². The number of nitrogens with zero attached hydrogens (tertiary/aromatic N) is 1. The van der Waals surface area contributed by atoms with Crippen LogP contribution in [-0.4, -0.2) is 68.5 Å². The Morgan fingerprint density at radius 1 is 0.417 bits per heavy atom. The minimum Gasteiger partial charge on any atom is -0.756 e. The third-order valence-electron chi connectivity index (χ3n) is 16.7. The number of allylic oxidation sites excluding steroid dienone is 9. The lowest BCUT2D eigenvalue weighted by molar-refractivity contribution is -0.870. The molecule has 0 aromatic rings. The van der Waals surface area contributed by atoms with Gasteiger partial charge in [-0.05, 0) is 70.6 Å². The number of nitrogens with one attached hydrogen (secondary N) is 1. The summed E-state index contributed by atoms with van der Waals surface area (Å²) < 4.78 is 23.4. The van der Waals surface area contributed by atoms with Crippen LogP contribution in [0.2, 0.25) is 0 Å². The van der Waals surface area contributed by atoms with E-state index in [0.717, 1.165) is 51.4 Å². The first-order valence-electron chi connectivity index (χ1n) is 36.7. The number of hydrogen-bond acceptors (Lipinski definition) is 6. The van der Waals surface area contributed by atoms with Gasteiger partial charge in [0, 0.05) is 6.42 Å².